The number of aromatic nitrogens is 2. The van der Waals surface area contributed by atoms with E-state index in [2.05, 4.69) is 5.32 Å². The van der Waals surface area contributed by atoms with Crippen LogP contribution in [0.4, 0.5) is 0 Å². The van der Waals surface area contributed by atoms with Crippen LogP contribution >= 0.6 is 0 Å². The van der Waals surface area contributed by atoms with Gasteiger partial charge in [-0.25, -0.2) is 9.78 Å². The Morgan fingerprint density at radius 2 is 2.14 bits per heavy atom. The van der Waals surface area contributed by atoms with Gasteiger partial charge < -0.3 is 19.4 Å². The van der Waals surface area contributed by atoms with Crippen molar-refractivity contribution in [2.24, 2.45) is 0 Å². The molecule has 2 aromatic heterocycles. The maximum atomic E-state index is 13.1. The molecular weight excluding hydrogens is 374 g/mol. The van der Waals surface area contributed by atoms with Gasteiger partial charge in [0.1, 0.15) is 6.61 Å². The van der Waals surface area contributed by atoms with Crippen LogP contribution in [-0.4, -0.2) is 35.1 Å². The highest BCUT2D eigenvalue weighted by Gasteiger charge is 2.37. The van der Waals surface area contributed by atoms with Crippen LogP contribution in [0.2, 0.25) is 0 Å². The summed E-state index contributed by atoms with van der Waals surface area (Å²) in [5, 5.41) is 3.67. The van der Waals surface area contributed by atoms with Gasteiger partial charge in [0, 0.05) is 16.5 Å². The molecule has 29 heavy (non-hydrogen) atoms. The summed E-state index contributed by atoms with van der Waals surface area (Å²) < 4.78 is 12.0. The zero-order chi connectivity index (χ0) is 20.1. The molecule has 0 saturated heterocycles. The number of carbonyl (C=O) groups excluding carboxylic acids is 2. The van der Waals surface area contributed by atoms with E-state index in [1.165, 1.54) is 0 Å². The molecule has 2 aliphatic rings. The number of fused-ring (bicyclic) bond motifs is 5. The van der Waals surface area contributed by atoms with Crippen molar-refractivity contribution in [3.63, 3.8) is 0 Å². The molecule has 1 atom stereocenters. The van der Waals surface area contributed by atoms with Gasteiger partial charge in [-0.2, -0.15) is 0 Å². The van der Waals surface area contributed by atoms with E-state index in [-0.39, 0.29) is 18.7 Å². The Hall–Kier alpha value is -3.52. The van der Waals surface area contributed by atoms with Crippen LogP contribution in [0.25, 0.3) is 22.3 Å². The topological polar surface area (TPSA) is 99.5 Å². The lowest BCUT2D eigenvalue weighted by atomic mass is 10.00. The van der Waals surface area contributed by atoms with E-state index < -0.39 is 18.0 Å². The Morgan fingerprint density at radius 1 is 1.31 bits per heavy atom. The van der Waals surface area contributed by atoms with Gasteiger partial charge in [0.05, 0.1) is 35.6 Å². The second-order valence-corrected chi connectivity index (χ2v) is 7.05. The number of carbonyl (C=O) groups is 2. The molecule has 2 aliphatic heterocycles. The number of hydrogen-bond donors (Lipinski definition) is 1. The van der Waals surface area contributed by atoms with Crippen molar-refractivity contribution in [2.75, 3.05) is 13.6 Å². The largest absolute Gasteiger partial charge is 0.458 e. The molecule has 0 amide bonds. The molecule has 4 heterocycles. The first kappa shape index (κ1) is 17.6. The van der Waals surface area contributed by atoms with Crippen LogP contribution in [0, 0.1) is 0 Å². The Balaban J connectivity index is 1.67. The number of cyclic esters (lactones) is 1. The maximum absolute atomic E-state index is 13.1. The van der Waals surface area contributed by atoms with E-state index in [9.17, 15) is 14.4 Å². The number of nitrogens with one attached hydrogen (secondary N) is 1. The third-order valence-corrected chi connectivity index (χ3v) is 5.23. The van der Waals surface area contributed by atoms with Crippen molar-refractivity contribution in [3.8, 4) is 11.4 Å². The molecule has 1 N–H and O–H groups in total. The van der Waals surface area contributed by atoms with Crippen molar-refractivity contribution < 1.29 is 19.1 Å². The van der Waals surface area contributed by atoms with E-state index in [0.29, 0.717) is 29.1 Å². The minimum atomic E-state index is -1.26. The van der Waals surface area contributed by atoms with Gasteiger partial charge in [0.15, 0.2) is 0 Å². The van der Waals surface area contributed by atoms with Crippen LogP contribution in [0.1, 0.15) is 22.8 Å². The number of pyridine rings is 2. The molecule has 0 bridgehead atoms. The van der Waals surface area contributed by atoms with Crippen LogP contribution in [-0.2, 0) is 32.2 Å². The minimum Gasteiger partial charge on any atom is -0.458 e. The van der Waals surface area contributed by atoms with Gasteiger partial charge in [0.2, 0.25) is 6.10 Å². The number of ether oxygens (including phenoxy) is 2. The zero-order valence-electron chi connectivity index (χ0n) is 15.6. The molecule has 5 rings (SSSR count). The van der Waals surface area contributed by atoms with Crippen LogP contribution < -0.4 is 10.9 Å². The summed E-state index contributed by atoms with van der Waals surface area (Å²) in [5.74, 6) is -1.29. The Labute approximate surface area is 165 Å². The number of likely N-dealkylation sites (N-methyl/N-ethyl adjacent to an activating group) is 1. The molecule has 1 unspecified atom stereocenters. The quantitative estimate of drug-likeness (QED) is 0.525. The molecule has 3 aromatic rings. The predicted molar refractivity (Wildman–Crippen MR) is 103 cm³/mol. The van der Waals surface area contributed by atoms with E-state index in [0.717, 1.165) is 16.5 Å². The van der Waals surface area contributed by atoms with Gasteiger partial charge in [-0.05, 0) is 25.2 Å². The highest BCUT2D eigenvalue weighted by Crippen LogP contribution is 2.36. The van der Waals surface area contributed by atoms with Crippen LogP contribution in [0.15, 0.2) is 41.2 Å². The summed E-state index contributed by atoms with van der Waals surface area (Å²) in [5.41, 5.74) is 3.49. The lowest BCUT2D eigenvalue weighted by Crippen LogP contribution is -2.35. The first-order chi connectivity index (χ1) is 14.1. The lowest BCUT2D eigenvalue weighted by Gasteiger charge is -2.25. The van der Waals surface area contributed by atoms with E-state index >= 15 is 0 Å². The Kier molecular flexibility index (Phi) is 3.95. The fourth-order valence-corrected chi connectivity index (χ4v) is 3.89. The first-order valence-corrected chi connectivity index (χ1v) is 9.23. The number of hydrogen-bond acceptors (Lipinski definition) is 7. The van der Waals surface area contributed by atoms with Crippen molar-refractivity contribution in [2.45, 2.75) is 19.3 Å². The first-order valence-electron chi connectivity index (χ1n) is 9.23. The summed E-state index contributed by atoms with van der Waals surface area (Å²) in [4.78, 5) is 42.1. The average Bonchev–Trinajstić information content (AvgIpc) is 3.07. The molecule has 0 spiro atoms. The molecule has 1 aromatic carbocycles. The molecule has 0 radical (unpaired) electrons. The number of nitrogens with zero attached hydrogens (tertiary/aromatic N) is 2. The zero-order valence-corrected chi connectivity index (χ0v) is 15.6. The summed E-state index contributed by atoms with van der Waals surface area (Å²) in [6.07, 6.45) is -1.26. The van der Waals surface area contributed by atoms with Gasteiger partial charge in [-0.15, -0.1) is 0 Å². The summed E-state index contributed by atoms with van der Waals surface area (Å²) in [6, 6.07) is 11.5. The Morgan fingerprint density at radius 3 is 2.97 bits per heavy atom. The van der Waals surface area contributed by atoms with Crippen molar-refractivity contribution in [1.29, 1.82) is 0 Å². The van der Waals surface area contributed by atoms with Gasteiger partial charge in [-0.1, -0.05) is 18.2 Å². The van der Waals surface area contributed by atoms with Gasteiger partial charge in [0.25, 0.3) is 5.56 Å². The number of para-hydroxylation sites is 1. The second-order valence-electron chi connectivity index (χ2n) is 7.05. The molecule has 146 valence electrons. The van der Waals surface area contributed by atoms with E-state index in [1.54, 1.807) is 17.7 Å². The van der Waals surface area contributed by atoms with Crippen molar-refractivity contribution in [3.05, 3.63) is 63.4 Å². The number of benzene rings is 1. The SMILES string of the molecule is CNCC(=O)OC1C(=O)OCc2c1cc1n(c2=O)Cc2cc3ccccc3nc2-1. The van der Waals surface area contributed by atoms with Crippen LogP contribution in [0.3, 0.4) is 0 Å². The Bertz CT molecular complexity index is 1250. The standard InChI is InChI=1S/C21H17N3O5/c1-22-8-17(25)29-19-13-7-16-18-12(6-11-4-2-3-5-15(11)23-18)9-24(16)20(26)14(13)10-28-21(19)27/h2-7,19,22H,8-10H2,1H3. The highest BCUT2D eigenvalue weighted by atomic mass is 16.6. The monoisotopic (exact) mass is 391 g/mol. The van der Waals surface area contributed by atoms with Gasteiger partial charge in [-0.3, -0.25) is 9.59 Å². The third-order valence-electron chi connectivity index (χ3n) is 5.23. The fraction of sp³-hybridized carbons (Fsp3) is 0.238. The average molecular weight is 391 g/mol. The summed E-state index contributed by atoms with van der Waals surface area (Å²) >= 11 is 0. The number of esters is 2. The minimum absolute atomic E-state index is 0.0561. The molecule has 8 nitrogen and oxygen atoms in total. The maximum Gasteiger partial charge on any atom is 0.352 e. The molecule has 8 heteroatoms. The molecule has 0 aliphatic carbocycles. The summed E-state index contributed by atoms with van der Waals surface area (Å²) in [7, 11) is 1.60. The predicted octanol–water partition coefficient (Wildman–Crippen LogP) is 1.29. The number of rotatable bonds is 3. The van der Waals surface area contributed by atoms with Crippen molar-refractivity contribution in [1.82, 2.24) is 14.9 Å². The summed E-state index contributed by atoms with van der Waals surface area (Å²) in [6.45, 7) is 0.200. The van der Waals surface area contributed by atoms with Crippen LogP contribution in [0.5, 0.6) is 0 Å². The highest BCUT2D eigenvalue weighted by molar-refractivity contribution is 5.86. The van der Waals surface area contributed by atoms with Crippen molar-refractivity contribution >= 4 is 22.8 Å². The molecular formula is C21H17N3O5. The molecule has 0 saturated carbocycles. The normalized spacial score (nSPS) is 16.7. The fourth-order valence-electron chi connectivity index (χ4n) is 3.89. The smallest absolute Gasteiger partial charge is 0.352 e. The second kappa shape index (κ2) is 6.52. The van der Waals surface area contributed by atoms with Gasteiger partial charge >= 0.3 is 11.9 Å². The van der Waals surface area contributed by atoms with E-state index in [4.69, 9.17) is 14.5 Å². The molecule has 0 fully saturated rings. The third kappa shape index (κ3) is 2.72. The lowest BCUT2D eigenvalue weighted by molar-refractivity contribution is -0.171. The van der Waals surface area contributed by atoms with E-state index in [1.807, 2.05) is 30.3 Å².